The molecule has 3 amide bonds. The van der Waals surface area contributed by atoms with Gasteiger partial charge in [0.1, 0.15) is 81.0 Å². The Labute approximate surface area is 854 Å². The molecule has 0 aliphatic rings. The Bertz CT molecular complexity index is 6400. The Morgan fingerprint density at radius 2 is 0.707 bits per heavy atom. The molecule has 6 aromatic carbocycles. The van der Waals surface area contributed by atoms with Crippen molar-refractivity contribution < 1.29 is 136 Å². The van der Waals surface area contributed by atoms with E-state index in [2.05, 4.69) is 58.2 Å². The minimum absolute atomic E-state index is 0.0677. The first-order chi connectivity index (χ1) is 70.8. The molecule has 13 rings (SSSR count). The normalized spacial score (nSPS) is 12.9. The van der Waals surface area contributed by atoms with E-state index in [1.807, 2.05) is 27.7 Å². The topological polar surface area (TPSA) is 374 Å². The van der Waals surface area contributed by atoms with E-state index in [4.69, 9.17) is 32.8 Å². The quantitative estimate of drug-likeness (QED) is 0.0118. The van der Waals surface area contributed by atoms with E-state index < -0.39 is 171 Å². The van der Waals surface area contributed by atoms with Gasteiger partial charge in [0, 0.05) is 103 Å². The van der Waals surface area contributed by atoms with Gasteiger partial charge < -0.3 is 32.8 Å². The summed E-state index contributed by atoms with van der Waals surface area (Å²) < 4.78 is 284. The van der Waals surface area contributed by atoms with Crippen LogP contribution in [0.25, 0.3) is 33.4 Å². The van der Waals surface area contributed by atoms with Crippen LogP contribution in [0.3, 0.4) is 0 Å². The van der Waals surface area contributed by atoms with Gasteiger partial charge in [0.25, 0.3) is 17.7 Å². The van der Waals surface area contributed by atoms with Crippen LogP contribution in [0.2, 0.25) is 0 Å². The van der Waals surface area contributed by atoms with Crippen molar-refractivity contribution >= 4 is 57.2 Å². The number of nitrogens with zero attached hydrogens (tertiary/aromatic N) is 10. The summed E-state index contributed by atoms with van der Waals surface area (Å²) in [6.07, 6.45) is -2.52. The molecule has 24 nitrogen and oxygen atoms in total. The lowest BCUT2D eigenvalue weighted by atomic mass is 9.85. The fraction of sp³-hybridized carbons (Fsp3) is 0.327. The van der Waals surface area contributed by atoms with Crippen molar-refractivity contribution in [2.45, 2.75) is 209 Å². The molecule has 150 heavy (non-hydrogen) atoms. The molecule has 7 atom stereocenters. The summed E-state index contributed by atoms with van der Waals surface area (Å²) >= 11 is 3.27. The van der Waals surface area contributed by atoms with E-state index in [0.29, 0.717) is 107 Å². The number of aliphatic carboxylic acids is 1. The molecule has 0 spiro atoms. The van der Waals surface area contributed by atoms with Crippen molar-refractivity contribution in [2.24, 2.45) is 22.9 Å². The highest BCUT2D eigenvalue weighted by atomic mass is 79.9. The Morgan fingerprint density at radius 1 is 0.393 bits per heavy atom. The zero-order valence-electron chi connectivity index (χ0n) is 80.8. The first kappa shape index (κ1) is 120. The summed E-state index contributed by atoms with van der Waals surface area (Å²) in [4.78, 5) is 97.6. The number of primary amides is 3. The summed E-state index contributed by atoms with van der Waals surface area (Å²) in [6, 6.07) is 29.7. The van der Waals surface area contributed by atoms with Crippen LogP contribution in [-0.4, -0.2) is 112 Å². The van der Waals surface area contributed by atoms with Crippen LogP contribution in [0.5, 0.6) is 0 Å². The maximum atomic E-state index is 14.2. The summed E-state index contributed by atoms with van der Waals surface area (Å²) in [5, 5.41) is 24.4. The number of nitrogens with two attached hydrogens (primary N) is 4. The molecular weight excluding hydrogens is 2080 g/mol. The number of ether oxygens (including phenoxy) is 1. The van der Waals surface area contributed by atoms with Gasteiger partial charge in [-0.25, -0.2) is 44.3 Å². The number of aromatic amines is 1. The van der Waals surface area contributed by atoms with Gasteiger partial charge in [-0.2, -0.15) is 73.1 Å². The van der Waals surface area contributed by atoms with Gasteiger partial charge in [-0.3, -0.25) is 62.9 Å². The highest BCUT2D eigenvalue weighted by Gasteiger charge is 2.40. The Morgan fingerprint density at radius 3 is 0.993 bits per heavy atom. The Kier molecular flexibility index (Phi) is 45.0. The van der Waals surface area contributed by atoms with E-state index in [1.54, 1.807) is 41.5 Å². The molecule has 0 aliphatic heterocycles. The Balaban J connectivity index is 0.000000237. The molecule has 0 bridgehead atoms. The predicted molar refractivity (Wildman–Crippen MR) is 514 cm³/mol. The van der Waals surface area contributed by atoms with Crippen molar-refractivity contribution in [2.75, 3.05) is 6.61 Å². The lowest BCUT2D eigenvalue weighted by molar-refractivity contribution is -0.144. The third-order valence-electron chi connectivity index (χ3n) is 22.7. The zero-order valence-corrected chi connectivity index (χ0v) is 82.4. The van der Waals surface area contributed by atoms with Crippen LogP contribution >= 0.6 is 15.9 Å². The number of esters is 1. The molecule has 4 unspecified atom stereocenters. The molecule has 7 aromatic heterocycles. The van der Waals surface area contributed by atoms with Crippen molar-refractivity contribution in [3.05, 3.63) is 339 Å². The molecule has 13 aromatic rings. The van der Waals surface area contributed by atoms with Gasteiger partial charge >= 0.3 is 36.6 Å². The standard InChI is InChI=1S/2C31H28F6N4O2.C20H16F3N3O.C10H13F3N2O2.C8H15BrO2.C4H3F3N2/c2*1-2-3-6-26(41-11-9-28(40-41)31(35,36)37)27(42)16-20(12-18-13-21(32)17-22(33)14-18)29-23(5-4-10-39-29)19-7-8-25(34)24(15-19)30(38)43;21-13-6-11(7-14(22)10-13)8-18(24)19-15(2-1-5-26-19)12-3-4-17(23)16(9-12)20(25)27;1-2-3-4-7(9(16)17)15-6-5-8(14-15)10(11,12)13;1-3-5-6-7(9)8(10)11-4-2;5-4(6,7)3-1-2-8-9-3/h2*4-5,7-11,13-15,17,20,26H,2-3,6,12,16H2,1H3,(H2,38,43);1-7,9-10,18H,8,24H2,(H2,25,27);5-7H,2-4H2,1H3,(H,16,17);7H,3-6H2,1-2H3;1-2H,(H,8,9)/t2*20-,26?;18-;;;/m110.../s1. The number of carbonyl (C=O) groups is 7. The minimum atomic E-state index is -4.70. The maximum Gasteiger partial charge on any atom is 0.435 e. The largest absolute Gasteiger partial charge is 0.480 e. The van der Waals surface area contributed by atoms with E-state index in [-0.39, 0.29) is 90.0 Å². The number of hydrogen-bond acceptors (Lipinski definition) is 16. The molecule has 0 aliphatic carbocycles. The smallest absolute Gasteiger partial charge is 0.435 e. The highest BCUT2D eigenvalue weighted by molar-refractivity contribution is 9.10. The lowest BCUT2D eigenvalue weighted by Gasteiger charge is -2.23. The van der Waals surface area contributed by atoms with Crippen LogP contribution in [0.15, 0.2) is 213 Å². The maximum absolute atomic E-state index is 14.2. The summed E-state index contributed by atoms with van der Waals surface area (Å²) in [7, 11) is 0. The second kappa shape index (κ2) is 56.0. The fourth-order valence-electron chi connectivity index (χ4n) is 15.5. The van der Waals surface area contributed by atoms with Crippen molar-refractivity contribution in [1.29, 1.82) is 0 Å². The number of halogens is 22. The number of alkyl halides is 13. The molecule has 46 heteroatoms. The molecule has 10 N–H and O–H groups in total. The zero-order chi connectivity index (χ0) is 111. The van der Waals surface area contributed by atoms with Gasteiger partial charge in [0.2, 0.25) is 0 Å². The second-order valence-electron chi connectivity index (χ2n) is 34.0. The first-order valence-electron chi connectivity index (χ1n) is 46.5. The summed E-state index contributed by atoms with van der Waals surface area (Å²) in [6.45, 7) is 10.0. The molecule has 7 heterocycles. The van der Waals surface area contributed by atoms with E-state index in [0.717, 1.165) is 137 Å². The summed E-state index contributed by atoms with van der Waals surface area (Å²) in [5.41, 5.74) is 21.4. The van der Waals surface area contributed by atoms with Crippen LogP contribution in [0.4, 0.5) is 92.2 Å². The van der Waals surface area contributed by atoms with E-state index in [1.165, 1.54) is 67.1 Å². The van der Waals surface area contributed by atoms with Crippen molar-refractivity contribution in [1.82, 2.24) is 54.5 Å². The van der Waals surface area contributed by atoms with Crippen LogP contribution < -0.4 is 22.9 Å². The summed E-state index contributed by atoms with van der Waals surface area (Å²) in [5.74, 6) is -13.9. The number of carboxylic acids is 1. The van der Waals surface area contributed by atoms with Gasteiger partial charge in [-0.1, -0.05) is 131 Å². The average Bonchev–Trinajstić information content (AvgIpc) is 1.47. The van der Waals surface area contributed by atoms with Crippen LogP contribution in [-0.2, 0) is 67.9 Å². The lowest BCUT2D eigenvalue weighted by Crippen LogP contribution is -2.24. The first-order valence-corrected chi connectivity index (χ1v) is 47.5. The number of hydrogen-bond donors (Lipinski definition) is 6. The monoisotopic (exact) mass is 2180 g/mol. The number of aromatic nitrogens is 11. The number of amides is 3. The molecular formula is C104H103BrF21N15O9. The van der Waals surface area contributed by atoms with E-state index >= 15 is 0 Å². The Hall–Kier alpha value is -14.7. The number of unbranched alkanes of at least 4 members (excludes halogenated alkanes) is 4. The van der Waals surface area contributed by atoms with Crippen molar-refractivity contribution in [3.8, 4) is 33.4 Å². The number of benzene rings is 6. The number of carbonyl (C=O) groups excluding carboxylic acids is 6. The average molecular weight is 2190 g/mol. The number of pyridine rings is 3. The molecule has 0 saturated carbocycles. The molecule has 0 saturated heterocycles. The predicted octanol–water partition coefficient (Wildman–Crippen LogP) is 24.6. The van der Waals surface area contributed by atoms with Gasteiger partial charge in [0.15, 0.2) is 28.6 Å². The van der Waals surface area contributed by atoms with Gasteiger partial charge in [-0.05, 0) is 201 Å². The minimum Gasteiger partial charge on any atom is -0.480 e. The number of rotatable bonds is 39. The SMILES string of the molecule is CCCCC(Br)C(=O)OCC.CCCCC(C(=O)C[C@@H](Cc1cc(F)cc(F)c1)c1ncccc1-c1ccc(F)c(C(N)=O)c1)n1ccc(C(F)(F)F)n1.CCCCC(C(=O)C[C@@H](Cc1cc(F)cc(F)c1)c1ncccc1-c1ccc(F)c(C(N)=O)c1)n1ccc(C(F)(F)F)n1.CCCCC(C(=O)O)n1ccc(C(F)(F)F)n1.FC(F)(F)c1ccn[nH]1.NC(=O)c1cc(-c2cccnc2[C@@H](N)Cc2cc(F)cc(F)c2)ccc1F. The third kappa shape index (κ3) is 36.1. The molecule has 802 valence electrons. The van der Waals surface area contributed by atoms with E-state index in [9.17, 15) is 126 Å². The number of ketones is 2. The van der Waals surface area contributed by atoms with Crippen LogP contribution in [0.1, 0.15) is 248 Å². The van der Waals surface area contributed by atoms with Gasteiger partial charge in [-0.15, -0.1) is 0 Å². The number of H-pyrrole nitrogens is 1. The van der Waals surface area contributed by atoms with Gasteiger partial charge in [0.05, 0.1) is 46.4 Å². The molecule has 0 fully saturated rings. The third-order valence-corrected chi connectivity index (χ3v) is 23.5. The number of Topliss-reactive ketones (excluding diaryl/α,β-unsaturated/α-hetero) is 2. The second-order valence-corrected chi connectivity index (χ2v) is 35.1. The van der Waals surface area contributed by atoms with Crippen LogP contribution in [0, 0.1) is 52.4 Å². The molecule has 0 radical (unpaired) electrons. The fourth-order valence-corrected chi connectivity index (χ4v) is 16.0. The highest BCUT2D eigenvalue weighted by Crippen LogP contribution is 2.41. The number of carboxylic acid groups (broad SMARTS) is 1. The van der Waals surface area contributed by atoms with Crippen molar-refractivity contribution in [3.63, 3.8) is 0 Å². The number of nitrogens with one attached hydrogen (secondary N) is 1.